The summed E-state index contributed by atoms with van der Waals surface area (Å²) in [5, 5.41) is 50.2. The van der Waals surface area contributed by atoms with Crippen LogP contribution in [-0.4, -0.2) is 86.6 Å². The van der Waals surface area contributed by atoms with Crippen molar-refractivity contribution in [2.24, 2.45) is 5.16 Å². The van der Waals surface area contributed by atoms with E-state index in [1.54, 1.807) is 0 Å². The normalized spacial score (nSPS) is 32.8. The van der Waals surface area contributed by atoms with Crippen molar-refractivity contribution in [2.75, 3.05) is 13.2 Å². The van der Waals surface area contributed by atoms with Crippen molar-refractivity contribution >= 4 is 27.2 Å². The minimum Gasteiger partial charge on any atom is -0.396 e. The molecule has 1 rings (SSSR count). The summed E-state index contributed by atoms with van der Waals surface area (Å²) in [5.41, 5.74) is -1.19. The Labute approximate surface area is 136 Å². The third-order valence-electron chi connectivity index (χ3n) is 2.88. The van der Waals surface area contributed by atoms with E-state index in [0.29, 0.717) is 11.8 Å². The first-order valence-electron chi connectivity index (χ1n) is 6.50. The van der Waals surface area contributed by atoms with Gasteiger partial charge in [-0.25, -0.2) is 4.28 Å². The van der Waals surface area contributed by atoms with Gasteiger partial charge in [0.25, 0.3) is 0 Å². The molecule has 0 radical (unpaired) electrons. The van der Waals surface area contributed by atoms with Crippen LogP contribution >= 0.6 is 11.8 Å². The molecule has 1 saturated heterocycles. The molecule has 0 aliphatic carbocycles. The lowest BCUT2D eigenvalue weighted by Crippen LogP contribution is -2.57. The van der Waals surface area contributed by atoms with Crippen molar-refractivity contribution in [3.8, 4) is 0 Å². The van der Waals surface area contributed by atoms with Crippen LogP contribution in [0.15, 0.2) is 5.16 Å². The smallest absolute Gasteiger partial charge is 0.396 e. The molecule has 0 amide bonds. The zero-order valence-electron chi connectivity index (χ0n) is 11.8. The summed E-state index contributed by atoms with van der Waals surface area (Å²) >= 11 is 0.663. The number of aliphatic hydroxyl groups is 5. The van der Waals surface area contributed by atoms with Crippen molar-refractivity contribution in [3.05, 3.63) is 0 Å². The van der Waals surface area contributed by atoms with E-state index < -0.39 is 46.9 Å². The Morgan fingerprint density at radius 2 is 1.83 bits per heavy atom. The second kappa shape index (κ2) is 9.10. The molecular weight excluding hydrogens is 358 g/mol. The largest absolute Gasteiger partial charge is 0.466 e. The molecule has 0 aromatic heterocycles. The molecule has 0 unspecified atom stereocenters. The molecule has 0 bridgehead atoms. The van der Waals surface area contributed by atoms with Gasteiger partial charge in [-0.05, 0) is 6.42 Å². The van der Waals surface area contributed by atoms with E-state index in [-0.39, 0.29) is 24.5 Å². The van der Waals surface area contributed by atoms with Gasteiger partial charge in [-0.1, -0.05) is 16.9 Å². The SMILES string of the molecule is O=S(=O)(O)O/N=C(\CCCO)S[C@@H]1O[C@H](CO)[C@@H](O)[C@H](O)[C@H]1O. The van der Waals surface area contributed by atoms with Crippen LogP contribution in [0.4, 0.5) is 0 Å². The van der Waals surface area contributed by atoms with Crippen LogP contribution in [0, 0.1) is 0 Å². The standard InChI is InChI=1S/C10H19NO10S2/c12-3-1-2-6(11-21-23(17,18)19)22-10-9(16)8(15)7(14)5(4-13)20-10/h5,7-10,12-16H,1-4H2,(H,17,18,19)/b11-6+/t5-,7-,8+,9-,10+/m1/s1. The van der Waals surface area contributed by atoms with Gasteiger partial charge in [0, 0.05) is 13.0 Å². The van der Waals surface area contributed by atoms with Gasteiger partial charge in [-0.15, -0.1) is 0 Å². The lowest BCUT2D eigenvalue weighted by Gasteiger charge is -2.39. The molecule has 1 aliphatic heterocycles. The number of thioether (sulfide) groups is 1. The van der Waals surface area contributed by atoms with Crippen molar-refractivity contribution in [1.82, 2.24) is 0 Å². The first kappa shape index (κ1) is 20.5. The topological polar surface area (TPSA) is 186 Å². The fourth-order valence-corrected chi connectivity index (χ4v) is 3.08. The Bertz CT molecular complexity index is 496. The Morgan fingerprint density at radius 1 is 1.17 bits per heavy atom. The zero-order chi connectivity index (χ0) is 17.6. The average molecular weight is 377 g/mol. The first-order chi connectivity index (χ1) is 10.7. The molecule has 1 heterocycles. The number of hydrogen-bond donors (Lipinski definition) is 6. The highest BCUT2D eigenvalue weighted by Gasteiger charge is 2.44. The summed E-state index contributed by atoms with van der Waals surface area (Å²) in [5.74, 6) is 0. The Hall–Kier alpha value is -0.510. The van der Waals surface area contributed by atoms with Crippen molar-refractivity contribution in [3.63, 3.8) is 0 Å². The number of oxime groups is 1. The summed E-state index contributed by atoms with van der Waals surface area (Å²) in [6.45, 7) is -0.854. The Balaban J connectivity index is 2.84. The molecule has 13 heteroatoms. The molecule has 6 N–H and O–H groups in total. The zero-order valence-corrected chi connectivity index (χ0v) is 13.4. The van der Waals surface area contributed by atoms with Crippen LogP contribution in [0.5, 0.6) is 0 Å². The van der Waals surface area contributed by atoms with Gasteiger partial charge in [0.05, 0.1) is 6.61 Å². The van der Waals surface area contributed by atoms with E-state index in [1.165, 1.54) is 0 Å². The molecule has 23 heavy (non-hydrogen) atoms. The van der Waals surface area contributed by atoms with Crippen molar-refractivity contribution in [2.45, 2.75) is 42.7 Å². The minimum atomic E-state index is -4.83. The van der Waals surface area contributed by atoms with Gasteiger partial charge in [0.2, 0.25) is 0 Å². The van der Waals surface area contributed by atoms with Gasteiger partial charge < -0.3 is 30.3 Å². The number of hydrogen-bond acceptors (Lipinski definition) is 11. The van der Waals surface area contributed by atoms with Gasteiger partial charge in [-0.3, -0.25) is 4.55 Å². The average Bonchev–Trinajstić information content (AvgIpc) is 2.49. The van der Waals surface area contributed by atoms with Crippen LogP contribution in [0.2, 0.25) is 0 Å². The van der Waals surface area contributed by atoms with Gasteiger partial charge in [0.1, 0.15) is 34.9 Å². The molecule has 0 spiro atoms. The summed E-state index contributed by atoms with van der Waals surface area (Å²) in [7, 11) is -4.83. The molecule has 1 aliphatic rings. The third kappa shape index (κ3) is 6.48. The highest BCUT2D eigenvalue weighted by atomic mass is 32.3. The van der Waals surface area contributed by atoms with Crippen LogP contribution in [0.1, 0.15) is 12.8 Å². The van der Waals surface area contributed by atoms with E-state index in [0.717, 1.165) is 0 Å². The second-order valence-corrected chi connectivity index (χ2v) is 6.81. The lowest BCUT2D eigenvalue weighted by atomic mass is 10.0. The summed E-state index contributed by atoms with van der Waals surface area (Å²) in [6.07, 6.45) is -5.60. The highest BCUT2D eigenvalue weighted by Crippen LogP contribution is 2.30. The maximum Gasteiger partial charge on any atom is 0.466 e. The Morgan fingerprint density at radius 3 is 2.35 bits per heavy atom. The van der Waals surface area contributed by atoms with Gasteiger partial charge in [0.15, 0.2) is 0 Å². The van der Waals surface area contributed by atoms with Gasteiger partial charge in [-0.2, -0.15) is 8.42 Å². The molecule has 1 fully saturated rings. The molecule has 11 nitrogen and oxygen atoms in total. The van der Waals surface area contributed by atoms with E-state index in [4.69, 9.17) is 19.5 Å². The maximum atomic E-state index is 10.5. The Kier molecular flexibility index (Phi) is 8.12. The highest BCUT2D eigenvalue weighted by molar-refractivity contribution is 8.14. The molecule has 136 valence electrons. The molecule has 0 saturated carbocycles. The number of aliphatic hydroxyl groups excluding tert-OH is 5. The predicted octanol–water partition coefficient (Wildman–Crippen LogP) is -2.58. The third-order valence-corrected chi connectivity index (χ3v) is 4.32. The van der Waals surface area contributed by atoms with Gasteiger partial charge >= 0.3 is 10.4 Å². The van der Waals surface area contributed by atoms with Crippen molar-refractivity contribution < 1.29 is 47.5 Å². The number of nitrogens with zero attached hydrogens (tertiary/aromatic N) is 1. The first-order valence-corrected chi connectivity index (χ1v) is 8.75. The number of rotatable bonds is 7. The fourth-order valence-electron chi connectivity index (χ4n) is 1.74. The van der Waals surface area contributed by atoms with Crippen LogP contribution < -0.4 is 0 Å². The van der Waals surface area contributed by atoms with Crippen LogP contribution in [-0.2, 0) is 19.4 Å². The van der Waals surface area contributed by atoms with E-state index in [2.05, 4.69) is 9.44 Å². The molecule has 5 atom stereocenters. The molecule has 0 aromatic rings. The summed E-state index contributed by atoms with van der Waals surface area (Å²) in [6, 6.07) is 0. The van der Waals surface area contributed by atoms with Crippen molar-refractivity contribution in [1.29, 1.82) is 0 Å². The summed E-state index contributed by atoms with van der Waals surface area (Å²) in [4.78, 5) is 0. The van der Waals surface area contributed by atoms with E-state index in [1.807, 2.05) is 0 Å². The van der Waals surface area contributed by atoms with E-state index >= 15 is 0 Å². The fraction of sp³-hybridized carbons (Fsp3) is 0.900. The second-order valence-electron chi connectivity index (χ2n) is 4.63. The molecular formula is C10H19NO10S2. The minimum absolute atomic E-state index is 0.0334. The summed E-state index contributed by atoms with van der Waals surface area (Å²) < 4.78 is 38.7. The number of ether oxygens (including phenoxy) is 1. The van der Waals surface area contributed by atoms with Crippen LogP contribution in [0.25, 0.3) is 0 Å². The van der Waals surface area contributed by atoms with Crippen LogP contribution in [0.3, 0.4) is 0 Å². The quantitative estimate of drug-likeness (QED) is 0.118. The monoisotopic (exact) mass is 377 g/mol. The molecule has 0 aromatic carbocycles. The van der Waals surface area contributed by atoms with E-state index in [9.17, 15) is 23.7 Å². The maximum absolute atomic E-state index is 10.5. The predicted molar refractivity (Wildman–Crippen MR) is 77.7 cm³/mol. The lowest BCUT2D eigenvalue weighted by molar-refractivity contribution is -0.205.